The molecule has 0 aliphatic rings. The van der Waals surface area contributed by atoms with Crippen molar-refractivity contribution in [3.05, 3.63) is 28.7 Å². The van der Waals surface area contributed by atoms with Gasteiger partial charge in [0, 0.05) is 10.2 Å². The number of urea groups is 1. The molecule has 0 bridgehead atoms. The van der Waals surface area contributed by atoms with Gasteiger partial charge in [0.1, 0.15) is 6.54 Å². The smallest absolute Gasteiger partial charge is 0.330 e. The van der Waals surface area contributed by atoms with Crippen LogP contribution in [0, 0.1) is 0 Å². The van der Waals surface area contributed by atoms with Gasteiger partial charge in [0.25, 0.3) is 0 Å². The Balaban J connectivity index is 1.76. The summed E-state index contributed by atoms with van der Waals surface area (Å²) in [6.07, 6.45) is -4.54. The number of carbonyl (C=O) groups excluding carboxylic acids is 2. The number of carbonyl (C=O) groups is 2. The highest BCUT2D eigenvalue weighted by Crippen LogP contribution is 2.28. The Morgan fingerprint density at radius 1 is 1.27 bits per heavy atom. The fourth-order valence-corrected chi connectivity index (χ4v) is 3.49. The molecule has 2 rings (SSSR count). The average Bonchev–Trinajstić information content (AvgIpc) is 2.98. The van der Waals surface area contributed by atoms with E-state index in [0.29, 0.717) is 9.47 Å². The van der Waals surface area contributed by atoms with Crippen LogP contribution in [0.1, 0.15) is 0 Å². The number of imide groups is 1. The fraction of sp³-hybridized carbons (Fsp3) is 0.231. The van der Waals surface area contributed by atoms with Gasteiger partial charge in [-0.25, -0.2) is 4.79 Å². The highest BCUT2D eigenvalue weighted by molar-refractivity contribution is 9.10. The van der Waals surface area contributed by atoms with Crippen LogP contribution in [0.2, 0.25) is 0 Å². The van der Waals surface area contributed by atoms with Crippen LogP contribution in [0.15, 0.2) is 33.1 Å². The Bertz CT molecular complexity index is 787. The Labute approximate surface area is 162 Å². The van der Waals surface area contributed by atoms with Crippen molar-refractivity contribution in [2.24, 2.45) is 0 Å². The lowest BCUT2D eigenvalue weighted by Crippen LogP contribution is -2.43. The summed E-state index contributed by atoms with van der Waals surface area (Å²) in [6.45, 7) is -1.51. The summed E-state index contributed by atoms with van der Waals surface area (Å²) >= 11 is 5.55. The Hall–Kier alpha value is -1.86. The van der Waals surface area contributed by atoms with Gasteiger partial charge in [-0.15, -0.1) is 10.2 Å². The van der Waals surface area contributed by atoms with Crippen molar-refractivity contribution >= 4 is 61.8 Å². The summed E-state index contributed by atoms with van der Waals surface area (Å²) in [5.41, 5.74) is 0.797. The van der Waals surface area contributed by atoms with Gasteiger partial charge < -0.3 is 10.6 Å². The Kier molecular flexibility index (Phi) is 7.23. The number of alkyl halides is 3. The first-order chi connectivity index (χ1) is 12.2. The number of hydrogen-bond acceptors (Lipinski definition) is 7. The molecule has 0 radical (unpaired) electrons. The summed E-state index contributed by atoms with van der Waals surface area (Å²) in [4.78, 5) is 22.7. The lowest BCUT2D eigenvalue weighted by molar-refractivity contribution is -0.124. The van der Waals surface area contributed by atoms with Gasteiger partial charge in [-0.05, 0) is 18.2 Å². The molecule has 0 saturated carbocycles. The van der Waals surface area contributed by atoms with Gasteiger partial charge in [-0.3, -0.25) is 10.1 Å². The van der Waals surface area contributed by atoms with E-state index in [2.05, 4.69) is 31.4 Å². The maximum atomic E-state index is 11.9. The highest BCUT2D eigenvalue weighted by Gasteiger charge is 2.27. The van der Waals surface area contributed by atoms with E-state index in [0.717, 1.165) is 21.9 Å². The molecule has 13 heteroatoms. The molecule has 0 aliphatic heterocycles. The molecule has 0 fully saturated rings. The van der Waals surface area contributed by atoms with Gasteiger partial charge in [0.15, 0.2) is 4.34 Å². The third kappa shape index (κ3) is 7.58. The number of rotatable bonds is 6. The molecule has 3 N–H and O–H groups in total. The number of aromatic nitrogens is 2. The molecule has 26 heavy (non-hydrogen) atoms. The SMILES string of the molecule is O=C(CSc1nnc(Nc2cccc(Br)c2)s1)NC(=O)NCC(F)(F)F. The Morgan fingerprint density at radius 3 is 2.73 bits per heavy atom. The quantitative estimate of drug-likeness (QED) is 0.560. The average molecular weight is 470 g/mol. The van der Waals surface area contributed by atoms with Gasteiger partial charge in [0.05, 0.1) is 5.75 Å². The fourth-order valence-electron chi connectivity index (χ4n) is 1.52. The van der Waals surface area contributed by atoms with Crippen LogP contribution in [-0.4, -0.2) is 40.6 Å². The van der Waals surface area contributed by atoms with Gasteiger partial charge in [0.2, 0.25) is 11.0 Å². The van der Waals surface area contributed by atoms with E-state index in [1.807, 2.05) is 24.3 Å². The number of nitrogens with one attached hydrogen (secondary N) is 3. The minimum absolute atomic E-state index is 0.190. The monoisotopic (exact) mass is 469 g/mol. The molecule has 3 amide bonds. The molecular formula is C13H11BrF3N5O2S2. The second-order valence-corrected chi connectivity index (χ2v) is 7.76. The second-order valence-electron chi connectivity index (χ2n) is 4.64. The number of anilines is 2. The predicted octanol–water partition coefficient (Wildman–Crippen LogP) is 3.52. The summed E-state index contributed by atoms with van der Waals surface area (Å²) in [5, 5.41) is 14.7. The predicted molar refractivity (Wildman–Crippen MR) is 95.7 cm³/mol. The van der Waals surface area contributed by atoms with Crippen molar-refractivity contribution in [3.8, 4) is 0 Å². The van der Waals surface area contributed by atoms with E-state index in [-0.39, 0.29) is 5.75 Å². The topological polar surface area (TPSA) is 96.0 Å². The van der Waals surface area contributed by atoms with Crippen LogP contribution < -0.4 is 16.0 Å². The minimum Gasteiger partial charge on any atom is -0.330 e. The van der Waals surface area contributed by atoms with Crippen LogP contribution in [-0.2, 0) is 4.79 Å². The molecule has 140 valence electrons. The van der Waals surface area contributed by atoms with E-state index in [1.54, 1.807) is 10.6 Å². The van der Waals surface area contributed by atoms with E-state index in [1.165, 1.54) is 11.3 Å². The first-order valence-corrected chi connectivity index (χ1v) is 9.44. The summed E-state index contributed by atoms with van der Waals surface area (Å²) in [6, 6.07) is 6.20. The molecule has 0 atom stereocenters. The Morgan fingerprint density at radius 2 is 2.04 bits per heavy atom. The zero-order valence-corrected chi connectivity index (χ0v) is 16.0. The first-order valence-electron chi connectivity index (χ1n) is 6.84. The van der Waals surface area contributed by atoms with Crippen molar-refractivity contribution in [3.63, 3.8) is 0 Å². The molecule has 1 aromatic heterocycles. The third-order valence-electron chi connectivity index (χ3n) is 2.51. The van der Waals surface area contributed by atoms with Crippen molar-refractivity contribution in [1.82, 2.24) is 20.8 Å². The van der Waals surface area contributed by atoms with E-state index >= 15 is 0 Å². The van der Waals surface area contributed by atoms with Crippen LogP contribution in [0.25, 0.3) is 0 Å². The maximum Gasteiger partial charge on any atom is 0.405 e. The standard InChI is InChI=1S/C13H11BrF3N5O2S2/c14-7-2-1-3-8(4-7)19-11-21-22-12(26-11)25-5-9(23)20-10(24)18-6-13(15,16)17/h1-4H,5-6H2,(H,19,21)(H2,18,20,23,24). The van der Waals surface area contributed by atoms with Crippen LogP contribution in [0.5, 0.6) is 0 Å². The van der Waals surface area contributed by atoms with Crippen LogP contribution in [0.3, 0.4) is 0 Å². The van der Waals surface area contributed by atoms with Gasteiger partial charge in [-0.2, -0.15) is 13.2 Å². The normalized spacial score (nSPS) is 11.1. The lowest BCUT2D eigenvalue weighted by atomic mass is 10.3. The number of hydrogen-bond donors (Lipinski definition) is 3. The molecular weight excluding hydrogens is 459 g/mol. The number of nitrogens with zero attached hydrogens (tertiary/aromatic N) is 2. The van der Waals surface area contributed by atoms with Crippen molar-refractivity contribution in [1.29, 1.82) is 0 Å². The number of amides is 3. The van der Waals surface area contributed by atoms with E-state index < -0.39 is 24.7 Å². The molecule has 1 aromatic carbocycles. The summed E-state index contributed by atoms with van der Waals surface area (Å²) in [5.74, 6) is -0.934. The lowest BCUT2D eigenvalue weighted by Gasteiger charge is -2.08. The third-order valence-corrected chi connectivity index (χ3v) is 4.98. The maximum absolute atomic E-state index is 11.9. The number of halogens is 4. The largest absolute Gasteiger partial charge is 0.405 e. The zero-order valence-electron chi connectivity index (χ0n) is 12.8. The molecule has 0 aliphatic carbocycles. The number of benzene rings is 1. The van der Waals surface area contributed by atoms with E-state index in [9.17, 15) is 22.8 Å². The van der Waals surface area contributed by atoms with Crippen molar-refractivity contribution in [2.45, 2.75) is 10.5 Å². The molecule has 0 saturated heterocycles. The molecule has 0 unspecified atom stereocenters. The molecule has 2 aromatic rings. The number of thioether (sulfide) groups is 1. The molecule has 7 nitrogen and oxygen atoms in total. The molecule has 0 spiro atoms. The second kappa shape index (κ2) is 9.19. The van der Waals surface area contributed by atoms with Crippen LogP contribution >= 0.6 is 39.0 Å². The molecule has 1 heterocycles. The summed E-state index contributed by atoms with van der Waals surface area (Å²) < 4.78 is 37.2. The van der Waals surface area contributed by atoms with Crippen molar-refractivity contribution in [2.75, 3.05) is 17.6 Å². The zero-order chi connectivity index (χ0) is 19.2. The van der Waals surface area contributed by atoms with Crippen molar-refractivity contribution < 1.29 is 22.8 Å². The minimum atomic E-state index is -4.54. The highest BCUT2D eigenvalue weighted by atomic mass is 79.9. The summed E-state index contributed by atoms with van der Waals surface area (Å²) in [7, 11) is 0. The first kappa shape index (κ1) is 20.5. The van der Waals surface area contributed by atoms with E-state index in [4.69, 9.17) is 0 Å². The van der Waals surface area contributed by atoms with Gasteiger partial charge in [-0.1, -0.05) is 45.1 Å². The van der Waals surface area contributed by atoms with Crippen LogP contribution in [0.4, 0.5) is 28.8 Å². The van der Waals surface area contributed by atoms with Gasteiger partial charge >= 0.3 is 12.2 Å².